The standard InChI is InChI=1S/C22H31N3/c1-6-15(2)17-7-8-18(14-25-21(23)24)20(13-17)16-9-11-19(12-10-16)22(3,4)5/h7-13,15H,6,14H2,1-5H3,(H4,23,24,25). The molecule has 4 N–H and O–H groups in total. The Labute approximate surface area is 152 Å². The summed E-state index contributed by atoms with van der Waals surface area (Å²) in [6, 6.07) is 15.5. The molecule has 0 aliphatic heterocycles. The molecule has 0 aliphatic carbocycles. The minimum Gasteiger partial charge on any atom is -0.370 e. The molecule has 0 amide bonds. The van der Waals surface area contributed by atoms with Crippen LogP contribution in [0.3, 0.4) is 0 Å². The van der Waals surface area contributed by atoms with E-state index in [0.29, 0.717) is 12.5 Å². The molecule has 2 aromatic rings. The second-order valence-corrected chi connectivity index (χ2v) is 7.79. The van der Waals surface area contributed by atoms with Crippen molar-refractivity contribution in [3.05, 3.63) is 59.2 Å². The average molecular weight is 338 g/mol. The first kappa shape index (κ1) is 19.0. The molecule has 0 saturated carbocycles. The predicted octanol–water partition coefficient (Wildman–Crippen LogP) is 4.94. The molecular weight excluding hydrogens is 306 g/mol. The largest absolute Gasteiger partial charge is 0.370 e. The molecule has 0 aliphatic rings. The lowest BCUT2D eigenvalue weighted by atomic mass is 9.85. The van der Waals surface area contributed by atoms with Gasteiger partial charge in [-0.1, -0.05) is 77.1 Å². The summed E-state index contributed by atoms with van der Waals surface area (Å²) in [5.74, 6) is 0.657. The summed E-state index contributed by atoms with van der Waals surface area (Å²) in [4.78, 5) is 4.20. The van der Waals surface area contributed by atoms with Gasteiger partial charge in [-0.3, -0.25) is 0 Å². The van der Waals surface area contributed by atoms with Gasteiger partial charge in [0.05, 0.1) is 6.54 Å². The minimum absolute atomic E-state index is 0.125. The van der Waals surface area contributed by atoms with Crippen molar-refractivity contribution in [1.82, 2.24) is 0 Å². The molecule has 0 heterocycles. The molecule has 0 radical (unpaired) electrons. The van der Waals surface area contributed by atoms with Gasteiger partial charge < -0.3 is 11.5 Å². The van der Waals surface area contributed by atoms with Gasteiger partial charge in [-0.05, 0) is 45.6 Å². The Morgan fingerprint density at radius 2 is 1.68 bits per heavy atom. The Bertz CT molecular complexity index is 733. The number of nitrogens with two attached hydrogens (primary N) is 2. The highest BCUT2D eigenvalue weighted by atomic mass is 15.0. The van der Waals surface area contributed by atoms with Crippen LogP contribution >= 0.6 is 0 Å². The monoisotopic (exact) mass is 337 g/mol. The van der Waals surface area contributed by atoms with Crippen LogP contribution in [-0.2, 0) is 12.0 Å². The fourth-order valence-corrected chi connectivity index (χ4v) is 2.87. The summed E-state index contributed by atoms with van der Waals surface area (Å²) in [7, 11) is 0. The zero-order chi connectivity index (χ0) is 18.6. The van der Waals surface area contributed by atoms with Crippen LogP contribution < -0.4 is 11.5 Å². The van der Waals surface area contributed by atoms with E-state index in [4.69, 9.17) is 11.5 Å². The molecule has 1 atom stereocenters. The fourth-order valence-electron chi connectivity index (χ4n) is 2.87. The molecule has 3 nitrogen and oxygen atoms in total. The highest BCUT2D eigenvalue weighted by Gasteiger charge is 2.14. The topological polar surface area (TPSA) is 64.4 Å². The second-order valence-electron chi connectivity index (χ2n) is 7.79. The minimum atomic E-state index is 0.125. The van der Waals surface area contributed by atoms with E-state index >= 15 is 0 Å². The van der Waals surface area contributed by atoms with Gasteiger partial charge in [0.25, 0.3) is 0 Å². The van der Waals surface area contributed by atoms with Crippen LogP contribution in [-0.4, -0.2) is 5.96 Å². The van der Waals surface area contributed by atoms with Crippen LogP contribution in [0.1, 0.15) is 63.6 Å². The molecule has 0 aromatic heterocycles. The van der Waals surface area contributed by atoms with Crippen LogP contribution in [0.2, 0.25) is 0 Å². The van der Waals surface area contributed by atoms with Crippen LogP contribution in [0.5, 0.6) is 0 Å². The van der Waals surface area contributed by atoms with E-state index in [0.717, 1.165) is 12.0 Å². The summed E-state index contributed by atoms with van der Waals surface area (Å²) in [6.45, 7) is 11.7. The lowest BCUT2D eigenvalue weighted by molar-refractivity contribution is 0.590. The zero-order valence-corrected chi connectivity index (χ0v) is 16.1. The van der Waals surface area contributed by atoms with Crippen LogP contribution in [0.25, 0.3) is 11.1 Å². The van der Waals surface area contributed by atoms with Crippen molar-refractivity contribution in [2.24, 2.45) is 16.5 Å². The smallest absolute Gasteiger partial charge is 0.186 e. The number of hydrogen-bond donors (Lipinski definition) is 2. The van der Waals surface area contributed by atoms with E-state index in [1.54, 1.807) is 0 Å². The quantitative estimate of drug-likeness (QED) is 0.599. The predicted molar refractivity (Wildman–Crippen MR) is 109 cm³/mol. The third-order valence-electron chi connectivity index (χ3n) is 4.81. The first-order valence-corrected chi connectivity index (χ1v) is 9.01. The van der Waals surface area contributed by atoms with Gasteiger partial charge in [-0.15, -0.1) is 0 Å². The molecule has 2 rings (SSSR count). The summed E-state index contributed by atoms with van der Waals surface area (Å²) in [6.07, 6.45) is 1.12. The number of benzene rings is 2. The van der Waals surface area contributed by atoms with Crippen molar-refractivity contribution in [3.8, 4) is 11.1 Å². The molecule has 25 heavy (non-hydrogen) atoms. The summed E-state index contributed by atoms with van der Waals surface area (Å²) in [5, 5.41) is 0. The van der Waals surface area contributed by atoms with Crippen molar-refractivity contribution in [2.45, 2.75) is 58.9 Å². The van der Waals surface area contributed by atoms with Crippen LogP contribution in [0.4, 0.5) is 0 Å². The molecule has 3 heteroatoms. The molecule has 0 spiro atoms. The van der Waals surface area contributed by atoms with Gasteiger partial charge in [0.15, 0.2) is 5.96 Å². The highest BCUT2D eigenvalue weighted by Crippen LogP contribution is 2.31. The van der Waals surface area contributed by atoms with E-state index in [2.05, 4.69) is 82.1 Å². The summed E-state index contributed by atoms with van der Waals surface area (Å²) >= 11 is 0. The van der Waals surface area contributed by atoms with Crippen molar-refractivity contribution in [2.75, 3.05) is 0 Å². The fraction of sp³-hybridized carbons (Fsp3) is 0.409. The first-order valence-electron chi connectivity index (χ1n) is 9.01. The van der Waals surface area contributed by atoms with Gasteiger partial charge in [0, 0.05) is 0 Å². The highest BCUT2D eigenvalue weighted by molar-refractivity contribution is 5.76. The molecule has 0 bridgehead atoms. The Morgan fingerprint density at radius 1 is 1.04 bits per heavy atom. The Morgan fingerprint density at radius 3 is 2.20 bits per heavy atom. The zero-order valence-electron chi connectivity index (χ0n) is 16.1. The average Bonchev–Trinajstić information content (AvgIpc) is 2.58. The van der Waals surface area contributed by atoms with E-state index in [1.807, 2.05) is 0 Å². The lowest BCUT2D eigenvalue weighted by Gasteiger charge is -2.20. The maximum atomic E-state index is 5.52. The number of aliphatic imine (C=N–C) groups is 1. The Kier molecular flexibility index (Phi) is 5.89. The summed E-state index contributed by atoms with van der Waals surface area (Å²) in [5.41, 5.74) is 17.4. The second kappa shape index (κ2) is 7.73. The molecule has 0 fully saturated rings. The van der Waals surface area contributed by atoms with Gasteiger partial charge in [0.1, 0.15) is 0 Å². The Hall–Kier alpha value is -2.29. The van der Waals surface area contributed by atoms with Crippen LogP contribution in [0.15, 0.2) is 47.5 Å². The third-order valence-corrected chi connectivity index (χ3v) is 4.81. The lowest BCUT2D eigenvalue weighted by Crippen LogP contribution is -2.22. The van der Waals surface area contributed by atoms with E-state index in [9.17, 15) is 0 Å². The normalized spacial score (nSPS) is 12.7. The summed E-state index contributed by atoms with van der Waals surface area (Å²) < 4.78 is 0. The molecule has 134 valence electrons. The van der Waals surface area contributed by atoms with Crippen molar-refractivity contribution >= 4 is 5.96 Å². The van der Waals surface area contributed by atoms with E-state index in [1.165, 1.54) is 22.3 Å². The van der Waals surface area contributed by atoms with Gasteiger partial charge in [-0.2, -0.15) is 0 Å². The number of hydrogen-bond acceptors (Lipinski definition) is 1. The first-order chi connectivity index (χ1) is 11.7. The van der Waals surface area contributed by atoms with Gasteiger partial charge >= 0.3 is 0 Å². The molecule has 0 saturated heterocycles. The number of guanidine groups is 1. The number of nitrogens with zero attached hydrogens (tertiary/aromatic N) is 1. The molecule has 1 unspecified atom stereocenters. The molecular formula is C22H31N3. The van der Waals surface area contributed by atoms with Crippen LogP contribution in [0, 0.1) is 0 Å². The van der Waals surface area contributed by atoms with Gasteiger partial charge in [-0.25, -0.2) is 4.99 Å². The van der Waals surface area contributed by atoms with Crippen molar-refractivity contribution < 1.29 is 0 Å². The van der Waals surface area contributed by atoms with E-state index in [-0.39, 0.29) is 11.4 Å². The van der Waals surface area contributed by atoms with Gasteiger partial charge in [0.2, 0.25) is 0 Å². The Balaban J connectivity index is 2.49. The van der Waals surface area contributed by atoms with E-state index < -0.39 is 0 Å². The number of rotatable bonds is 5. The van der Waals surface area contributed by atoms with Crippen molar-refractivity contribution in [1.29, 1.82) is 0 Å². The maximum Gasteiger partial charge on any atom is 0.186 e. The third kappa shape index (κ3) is 4.85. The SMILES string of the molecule is CCC(C)c1ccc(CN=C(N)N)c(-c2ccc(C(C)(C)C)cc2)c1. The molecule has 2 aromatic carbocycles. The maximum absolute atomic E-state index is 5.52. The van der Waals surface area contributed by atoms with Crippen molar-refractivity contribution in [3.63, 3.8) is 0 Å².